The highest BCUT2D eigenvalue weighted by molar-refractivity contribution is 5.58. The van der Waals surface area contributed by atoms with Gasteiger partial charge in [-0.3, -0.25) is 0 Å². The van der Waals surface area contributed by atoms with E-state index in [9.17, 15) is 5.11 Å². The summed E-state index contributed by atoms with van der Waals surface area (Å²) in [7, 11) is 0. The molecular formula is C16H22N2O. The van der Waals surface area contributed by atoms with E-state index in [4.69, 9.17) is 0 Å². The SMILES string of the molecule is OC1CCCN(CCC2=Cc3ccccc3CN2)C1. The maximum absolute atomic E-state index is 9.67. The average Bonchev–Trinajstić information content (AvgIpc) is 2.45. The Labute approximate surface area is 114 Å². The van der Waals surface area contributed by atoms with E-state index in [-0.39, 0.29) is 6.10 Å². The Morgan fingerprint density at radius 2 is 2.21 bits per heavy atom. The third kappa shape index (κ3) is 3.17. The minimum absolute atomic E-state index is 0.122. The summed E-state index contributed by atoms with van der Waals surface area (Å²) in [5, 5.41) is 13.2. The summed E-state index contributed by atoms with van der Waals surface area (Å²) in [6, 6.07) is 8.55. The smallest absolute Gasteiger partial charge is 0.0667 e. The Kier molecular flexibility index (Phi) is 3.85. The Morgan fingerprint density at radius 1 is 1.32 bits per heavy atom. The van der Waals surface area contributed by atoms with Crippen LogP contribution in [-0.4, -0.2) is 35.7 Å². The van der Waals surface area contributed by atoms with Crippen molar-refractivity contribution >= 4 is 6.08 Å². The van der Waals surface area contributed by atoms with Crippen LogP contribution in [0.2, 0.25) is 0 Å². The van der Waals surface area contributed by atoms with Gasteiger partial charge in [-0.05, 0) is 43.0 Å². The van der Waals surface area contributed by atoms with E-state index in [1.165, 1.54) is 16.8 Å². The molecule has 2 aliphatic heterocycles. The zero-order valence-corrected chi connectivity index (χ0v) is 11.3. The highest BCUT2D eigenvalue weighted by atomic mass is 16.3. The first-order chi connectivity index (χ1) is 9.31. The van der Waals surface area contributed by atoms with Gasteiger partial charge in [0, 0.05) is 25.3 Å². The molecule has 2 N–H and O–H groups in total. The van der Waals surface area contributed by atoms with Gasteiger partial charge in [0.2, 0.25) is 0 Å². The Bertz CT molecular complexity index is 470. The van der Waals surface area contributed by atoms with Crippen molar-refractivity contribution in [2.45, 2.75) is 31.9 Å². The van der Waals surface area contributed by atoms with Gasteiger partial charge in [-0.1, -0.05) is 24.3 Å². The molecule has 1 unspecified atom stereocenters. The lowest BCUT2D eigenvalue weighted by Gasteiger charge is -2.30. The third-order valence-electron chi connectivity index (χ3n) is 4.07. The van der Waals surface area contributed by atoms with Gasteiger partial charge in [-0.25, -0.2) is 0 Å². The van der Waals surface area contributed by atoms with Crippen molar-refractivity contribution in [2.24, 2.45) is 0 Å². The van der Waals surface area contributed by atoms with Crippen molar-refractivity contribution in [3.63, 3.8) is 0 Å². The first kappa shape index (κ1) is 12.7. The van der Waals surface area contributed by atoms with Gasteiger partial charge in [0.1, 0.15) is 0 Å². The lowest BCUT2D eigenvalue weighted by Crippen LogP contribution is -2.39. The van der Waals surface area contributed by atoms with Gasteiger partial charge in [0.05, 0.1) is 6.10 Å². The molecule has 1 aromatic carbocycles. The Morgan fingerprint density at radius 3 is 3.11 bits per heavy atom. The van der Waals surface area contributed by atoms with Crippen LogP contribution < -0.4 is 5.32 Å². The molecule has 3 nitrogen and oxygen atoms in total. The van der Waals surface area contributed by atoms with Crippen LogP contribution >= 0.6 is 0 Å². The second-order valence-electron chi connectivity index (χ2n) is 5.57. The largest absolute Gasteiger partial charge is 0.392 e. The van der Waals surface area contributed by atoms with Crippen LogP contribution in [-0.2, 0) is 6.54 Å². The van der Waals surface area contributed by atoms with Crippen LogP contribution in [0.15, 0.2) is 30.0 Å². The van der Waals surface area contributed by atoms with E-state index in [2.05, 4.69) is 40.6 Å². The van der Waals surface area contributed by atoms with Crippen LogP contribution in [0.25, 0.3) is 6.08 Å². The number of aliphatic hydroxyl groups excluding tert-OH is 1. The molecule has 0 aliphatic carbocycles. The fourth-order valence-electron chi connectivity index (χ4n) is 2.96. The summed E-state index contributed by atoms with van der Waals surface area (Å²) in [5.74, 6) is 0. The van der Waals surface area contributed by atoms with Crippen molar-refractivity contribution in [2.75, 3.05) is 19.6 Å². The maximum atomic E-state index is 9.67. The lowest BCUT2D eigenvalue weighted by molar-refractivity contribution is 0.0712. The zero-order chi connectivity index (χ0) is 13.1. The van der Waals surface area contributed by atoms with E-state index < -0.39 is 0 Å². The van der Waals surface area contributed by atoms with Crippen LogP contribution in [0, 0.1) is 0 Å². The van der Waals surface area contributed by atoms with Gasteiger partial charge in [0.25, 0.3) is 0 Å². The molecule has 0 bridgehead atoms. The second-order valence-corrected chi connectivity index (χ2v) is 5.57. The van der Waals surface area contributed by atoms with Crippen LogP contribution in [0.3, 0.4) is 0 Å². The minimum Gasteiger partial charge on any atom is -0.392 e. The maximum Gasteiger partial charge on any atom is 0.0667 e. The number of aliphatic hydroxyl groups is 1. The monoisotopic (exact) mass is 258 g/mol. The van der Waals surface area contributed by atoms with E-state index in [1.807, 2.05) is 0 Å². The van der Waals surface area contributed by atoms with E-state index in [0.29, 0.717) is 0 Å². The molecule has 2 heterocycles. The fraction of sp³-hybridized carbons (Fsp3) is 0.500. The molecule has 0 radical (unpaired) electrons. The van der Waals surface area contributed by atoms with Crippen LogP contribution in [0.4, 0.5) is 0 Å². The molecule has 1 fully saturated rings. The highest BCUT2D eigenvalue weighted by Crippen LogP contribution is 2.19. The molecule has 2 aliphatic rings. The molecular weight excluding hydrogens is 236 g/mol. The summed E-state index contributed by atoms with van der Waals surface area (Å²) in [6.07, 6.45) is 5.27. The molecule has 1 aromatic rings. The number of hydrogen-bond donors (Lipinski definition) is 2. The number of piperidine rings is 1. The van der Waals surface area contributed by atoms with Gasteiger partial charge in [-0.15, -0.1) is 0 Å². The number of likely N-dealkylation sites (tertiary alicyclic amines) is 1. The first-order valence-electron chi connectivity index (χ1n) is 7.24. The number of fused-ring (bicyclic) bond motifs is 1. The van der Waals surface area contributed by atoms with Crippen molar-refractivity contribution in [3.8, 4) is 0 Å². The molecule has 3 heteroatoms. The Hall–Kier alpha value is -1.32. The number of rotatable bonds is 3. The molecule has 0 aromatic heterocycles. The predicted octanol–water partition coefficient (Wildman–Crippen LogP) is 1.98. The quantitative estimate of drug-likeness (QED) is 0.870. The van der Waals surface area contributed by atoms with Crippen molar-refractivity contribution in [3.05, 3.63) is 41.1 Å². The number of nitrogens with one attached hydrogen (secondary N) is 1. The van der Waals surface area contributed by atoms with Crippen molar-refractivity contribution in [1.29, 1.82) is 0 Å². The van der Waals surface area contributed by atoms with Gasteiger partial charge < -0.3 is 15.3 Å². The van der Waals surface area contributed by atoms with Crippen molar-refractivity contribution in [1.82, 2.24) is 10.2 Å². The average molecular weight is 258 g/mol. The van der Waals surface area contributed by atoms with Crippen molar-refractivity contribution < 1.29 is 5.11 Å². The number of β-amino-alcohol motifs (C(OH)–C–C–N with tert-alkyl or cyclic N) is 1. The summed E-state index contributed by atoms with van der Waals surface area (Å²) in [6.45, 7) is 3.94. The van der Waals surface area contributed by atoms with E-state index in [1.54, 1.807) is 0 Å². The van der Waals surface area contributed by atoms with E-state index >= 15 is 0 Å². The number of nitrogens with zero attached hydrogens (tertiary/aromatic N) is 1. The molecule has 19 heavy (non-hydrogen) atoms. The summed E-state index contributed by atoms with van der Waals surface area (Å²) >= 11 is 0. The molecule has 1 saturated heterocycles. The highest BCUT2D eigenvalue weighted by Gasteiger charge is 2.18. The zero-order valence-electron chi connectivity index (χ0n) is 11.3. The standard InChI is InChI=1S/C16H22N2O/c19-16-6-3-8-18(12-16)9-7-15-10-13-4-1-2-5-14(13)11-17-15/h1-2,4-5,10,16-17,19H,3,6-9,11-12H2. The fourth-order valence-corrected chi connectivity index (χ4v) is 2.96. The van der Waals surface area contributed by atoms with Crippen LogP contribution in [0.1, 0.15) is 30.4 Å². The number of hydrogen-bond acceptors (Lipinski definition) is 3. The lowest BCUT2D eigenvalue weighted by atomic mass is 10.0. The van der Waals surface area contributed by atoms with Crippen LogP contribution in [0.5, 0.6) is 0 Å². The van der Waals surface area contributed by atoms with E-state index in [0.717, 1.165) is 45.4 Å². The second kappa shape index (κ2) is 5.76. The molecule has 0 amide bonds. The normalized spacial score (nSPS) is 23.4. The molecule has 102 valence electrons. The first-order valence-corrected chi connectivity index (χ1v) is 7.24. The van der Waals surface area contributed by atoms with Gasteiger partial charge in [-0.2, -0.15) is 0 Å². The molecule has 1 atom stereocenters. The number of benzene rings is 1. The minimum atomic E-state index is -0.122. The summed E-state index contributed by atoms with van der Waals surface area (Å²) in [4.78, 5) is 2.37. The Balaban J connectivity index is 1.58. The predicted molar refractivity (Wildman–Crippen MR) is 77.6 cm³/mol. The molecule has 3 rings (SSSR count). The third-order valence-corrected chi connectivity index (χ3v) is 4.07. The molecule has 0 saturated carbocycles. The topological polar surface area (TPSA) is 35.5 Å². The summed E-state index contributed by atoms with van der Waals surface area (Å²) < 4.78 is 0. The summed E-state index contributed by atoms with van der Waals surface area (Å²) in [5.41, 5.74) is 4.04. The van der Waals surface area contributed by atoms with Gasteiger partial charge >= 0.3 is 0 Å². The van der Waals surface area contributed by atoms with Gasteiger partial charge in [0.15, 0.2) is 0 Å². The molecule has 0 spiro atoms.